The van der Waals surface area contributed by atoms with Gasteiger partial charge in [0.1, 0.15) is 0 Å². The molecule has 0 aliphatic heterocycles. The summed E-state index contributed by atoms with van der Waals surface area (Å²) >= 11 is 24.9. The van der Waals surface area contributed by atoms with Gasteiger partial charge in [0.25, 0.3) is 17.8 Å². The highest BCUT2D eigenvalue weighted by Crippen LogP contribution is 2.26. The van der Waals surface area contributed by atoms with Gasteiger partial charge in [-0.25, -0.2) is 15.0 Å². The number of hydrogen-bond donors (Lipinski definition) is 2. The minimum absolute atomic E-state index is 0.0119. The first-order valence-corrected chi connectivity index (χ1v) is 12.1. The third-order valence-corrected chi connectivity index (χ3v) is 6.11. The predicted molar refractivity (Wildman–Crippen MR) is 149 cm³/mol. The molecule has 0 amide bonds. The van der Waals surface area contributed by atoms with E-state index in [9.17, 15) is 10.2 Å². The minimum atomic E-state index is -0.226. The Balaban J connectivity index is 1.67. The van der Waals surface area contributed by atoms with Gasteiger partial charge in [0.15, 0.2) is 11.5 Å². The molecular weight excluding hydrogens is 558 g/mol. The Hall–Kier alpha value is -3.56. The van der Waals surface area contributed by atoms with E-state index < -0.39 is 0 Å². The van der Waals surface area contributed by atoms with Crippen LogP contribution in [0.4, 0.5) is 17.8 Å². The third-order valence-electron chi connectivity index (χ3n) is 4.79. The second-order valence-electron chi connectivity index (χ2n) is 7.36. The van der Waals surface area contributed by atoms with Crippen LogP contribution in [-0.2, 0) is 6.42 Å². The first kappa shape index (κ1) is 26.5. The fourth-order valence-electron chi connectivity index (χ4n) is 2.96. The number of phenols is 2. The fraction of sp³-hybridized carbons (Fsp3) is 0.0400. The molecule has 0 radical (unpaired) electrons. The number of aromatic hydroxyl groups is 2. The van der Waals surface area contributed by atoms with Crippen LogP contribution < -0.4 is 0 Å². The molecule has 3 aromatic carbocycles. The summed E-state index contributed by atoms with van der Waals surface area (Å²) in [7, 11) is 0. The van der Waals surface area contributed by atoms with Crippen LogP contribution in [-0.4, -0.2) is 43.8 Å². The number of aromatic nitrogens is 3. The van der Waals surface area contributed by atoms with Crippen molar-refractivity contribution >= 4 is 82.9 Å². The maximum Gasteiger partial charge on any atom is 0.256 e. The van der Waals surface area contributed by atoms with Crippen molar-refractivity contribution in [1.82, 2.24) is 15.0 Å². The molecule has 186 valence electrons. The van der Waals surface area contributed by atoms with E-state index in [2.05, 4.69) is 29.9 Å². The summed E-state index contributed by atoms with van der Waals surface area (Å²) in [5.41, 5.74) is 1.71. The third kappa shape index (κ3) is 7.02. The van der Waals surface area contributed by atoms with Gasteiger partial charge in [0.2, 0.25) is 0 Å². The largest absolute Gasteiger partial charge is 0.504 e. The highest BCUT2D eigenvalue weighted by molar-refractivity contribution is 6.39. The highest BCUT2D eigenvalue weighted by atomic mass is 35.5. The van der Waals surface area contributed by atoms with E-state index in [0.29, 0.717) is 43.2 Å². The Labute approximate surface area is 231 Å². The molecular formula is C25H16Cl4N6O2. The molecule has 0 fully saturated rings. The molecule has 0 unspecified atom stereocenters. The number of nitrogens with zero attached hydrogens (tertiary/aromatic N) is 6. The lowest BCUT2D eigenvalue weighted by Crippen LogP contribution is -1.92. The number of halogens is 4. The Morgan fingerprint density at radius 2 is 1.08 bits per heavy atom. The van der Waals surface area contributed by atoms with E-state index in [1.54, 1.807) is 42.5 Å². The standard InChI is InChI=1S/C25H16Cl4N6O2/c26-17-3-1-4-18(27)15(17)12-31-24-33-23(30-10-9-14-7-8-21(36)22(37)11-14)34-25(35-24)32-13-16-19(28)5-2-6-20(16)29/h1-8,10-13,36-37H,9H2/b30-10+,31-12+,32-13+. The first-order chi connectivity index (χ1) is 17.8. The molecule has 8 nitrogen and oxygen atoms in total. The molecule has 0 aliphatic carbocycles. The molecule has 0 saturated heterocycles. The summed E-state index contributed by atoms with van der Waals surface area (Å²) in [5, 5.41) is 20.8. The molecule has 0 saturated carbocycles. The zero-order valence-electron chi connectivity index (χ0n) is 18.7. The lowest BCUT2D eigenvalue weighted by atomic mass is 10.1. The van der Waals surface area contributed by atoms with E-state index in [4.69, 9.17) is 46.4 Å². The van der Waals surface area contributed by atoms with E-state index in [0.717, 1.165) is 0 Å². The van der Waals surface area contributed by atoms with Crippen molar-refractivity contribution in [2.45, 2.75) is 6.42 Å². The van der Waals surface area contributed by atoms with Crippen LogP contribution in [0.2, 0.25) is 20.1 Å². The number of aliphatic imine (C=N–C) groups is 3. The fourth-order valence-corrected chi connectivity index (χ4v) is 3.95. The lowest BCUT2D eigenvalue weighted by Gasteiger charge is -2.02. The number of benzene rings is 3. The molecule has 0 bridgehead atoms. The van der Waals surface area contributed by atoms with Crippen LogP contribution in [0.3, 0.4) is 0 Å². The number of phenolic OH excluding ortho intramolecular Hbond substituents is 2. The molecule has 0 atom stereocenters. The molecule has 4 aromatic rings. The molecule has 1 aromatic heterocycles. The summed E-state index contributed by atoms with van der Waals surface area (Å²) in [4.78, 5) is 25.6. The smallest absolute Gasteiger partial charge is 0.256 e. The van der Waals surface area contributed by atoms with Gasteiger partial charge >= 0.3 is 0 Å². The van der Waals surface area contributed by atoms with Crippen molar-refractivity contribution in [2.75, 3.05) is 0 Å². The van der Waals surface area contributed by atoms with Crippen molar-refractivity contribution in [3.05, 3.63) is 91.4 Å². The van der Waals surface area contributed by atoms with Crippen molar-refractivity contribution < 1.29 is 10.2 Å². The maximum atomic E-state index is 9.68. The predicted octanol–water partition coefficient (Wildman–Crippen LogP) is 7.34. The Kier molecular flexibility index (Phi) is 8.68. The zero-order valence-corrected chi connectivity index (χ0v) is 21.7. The summed E-state index contributed by atoms with van der Waals surface area (Å²) in [6, 6.07) is 14.6. The molecule has 0 spiro atoms. The monoisotopic (exact) mass is 572 g/mol. The Morgan fingerprint density at radius 1 is 0.622 bits per heavy atom. The second-order valence-corrected chi connectivity index (χ2v) is 8.99. The van der Waals surface area contributed by atoms with Gasteiger partial charge < -0.3 is 10.2 Å². The Morgan fingerprint density at radius 3 is 1.54 bits per heavy atom. The summed E-state index contributed by atoms with van der Waals surface area (Å²) in [6.07, 6.45) is 4.75. The SMILES string of the molecule is Oc1ccc(C/C=N/c2nc(/N=C/c3c(Cl)cccc3Cl)nc(/N=C/c3c(Cl)cccc3Cl)n2)cc1O. The van der Waals surface area contributed by atoms with E-state index in [-0.39, 0.29) is 29.3 Å². The first-order valence-electron chi connectivity index (χ1n) is 10.6. The van der Waals surface area contributed by atoms with E-state index in [1.807, 2.05) is 0 Å². The lowest BCUT2D eigenvalue weighted by molar-refractivity contribution is 0.403. The van der Waals surface area contributed by atoms with Gasteiger partial charge in [-0.2, -0.15) is 15.0 Å². The average molecular weight is 574 g/mol. The minimum Gasteiger partial charge on any atom is -0.504 e. The van der Waals surface area contributed by atoms with E-state index >= 15 is 0 Å². The van der Waals surface area contributed by atoms with Crippen LogP contribution in [0.15, 0.2) is 69.6 Å². The van der Waals surface area contributed by atoms with Crippen molar-refractivity contribution in [1.29, 1.82) is 0 Å². The highest BCUT2D eigenvalue weighted by Gasteiger charge is 2.08. The molecule has 12 heteroatoms. The quantitative estimate of drug-likeness (QED) is 0.177. The second kappa shape index (κ2) is 12.1. The number of hydrogen-bond acceptors (Lipinski definition) is 8. The number of rotatable bonds is 7. The normalized spacial score (nSPS) is 11.8. The summed E-state index contributed by atoms with van der Waals surface area (Å²) in [5.74, 6) is -0.375. The molecule has 1 heterocycles. The summed E-state index contributed by atoms with van der Waals surface area (Å²) in [6.45, 7) is 0. The van der Waals surface area contributed by atoms with Crippen LogP contribution in [0.1, 0.15) is 16.7 Å². The summed E-state index contributed by atoms with van der Waals surface area (Å²) < 4.78 is 0. The van der Waals surface area contributed by atoms with Gasteiger partial charge in [-0.05, 0) is 42.0 Å². The van der Waals surface area contributed by atoms with Crippen molar-refractivity contribution in [3.63, 3.8) is 0 Å². The van der Waals surface area contributed by atoms with Crippen LogP contribution in [0.5, 0.6) is 11.5 Å². The van der Waals surface area contributed by atoms with E-state index in [1.165, 1.54) is 30.8 Å². The molecule has 4 rings (SSSR count). The average Bonchev–Trinajstić information content (AvgIpc) is 2.86. The maximum absolute atomic E-state index is 9.68. The van der Waals surface area contributed by atoms with Crippen LogP contribution in [0.25, 0.3) is 0 Å². The van der Waals surface area contributed by atoms with Gasteiger partial charge in [-0.1, -0.05) is 64.6 Å². The van der Waals surface area contributed by atoms with Crippen molar-refractivity contribution in [2.24, 2.45) is 15.0 Å². The van der Waals surface area contributed by atoms with Gasteiger partial charge in [0, 0.05) is 36.2 Å². The van der Waals surface area contributed by atoms with Gasteiger partial charge in [-0.15, -0.1) is 0 Å². The van der Waals surface area contributed by atoms with Crippen molar-refractivity contribution in [3.8, 4) is 11.5 Å². The van der Waals surface area contributed by atoms with Gasteiger partial charge in [0.05, 0.1) is 20.1 Å². The van der Waals surface area contributed by atoms with Crippen LogP contribution in [0, 0.1) is 0 Å². The van der Waals surface area contributed by atoms with Crippen LogP contribution >= 0.6 is 46.4 Å². The zero-order chi connectivity index (χ0) is 26.4. The molecule has 0 aliphatic rings. The molecule has 37 heavy (non-hydrogen) atoms. The molecule has 2 N–H and O–H groups in total. The topological polar surface area (TPSA) is 116 Å². The van der Waals surface area contributed by atoms with Gasteiger partial charge in [-0.3, -0.25) is 0 Å². The Bertz CT molecular complexity index is 1420.